The fourth-order valence-corrected chi connectivity index (χ4v) is 3.52. The van der Waals surface area contributed by atoms with E-state index in [1.165, 1.54) is 4.88 Å². The fraction of sp³-hybridized carbons (Fsp3) is 0.294. The van der Waals surface area contributed by atoms with Crippen molar-refractivity contribution < 1.29 is 9.59 Å². The molecule has 4 nitrogen and oxygen atoms in total. The van der Waals surface area contributed by atoms with E-state index in [-0.39, 0.29) is 11.8 Å². The first-order valence-electron chi connectivity index (χ1n) is 7.52. The van der Waals surface area contributed by atoms with Gasteiger partial charge in [-0.15, -0.1) is 11.3 Å². The Hall–Kier alpha value is -1.85. The van der Waals surface area contributed by atoms with E-state index in [1.807, 2.05) is 17.5 Å². The van der Waals surface area contributed by atoms with Gasteiger partial charge in [0, 0.05) is 28.7 Å². The molecule has 2 aromatic rings. The summed E-state index contributed by atoms with van der Waals surface area (Å²) in [5, 5.41) is 5.52. The minimum atomic E-state index is -0.589. The number of rotatable bonds is 5. The summed E-state index contributed by atoms with van der Waals surface area (Å²) in [6.07, 6.45) is 1.34. The number of carbonyl (C=O) groups is 2. The normalized spacial score (nSPS) is 17.5. The number of amides is 2. The quantitative estimate of drug-likeness (QED) is 0.844. The molecule has 1 fully saturated rings. The number of anilines is 1. The third-order valence-electron chi connectivity index (χ3n) is 3.91. The zero-order chi connectivity index (χ0) is 16.2. The Balaban J connectivity index is 1.55. The molecule has 1 aliphatic rings. The molecule has 1 atom stereocenters. The molecule has 0 bridgehead atoms. The number of benzene rings is 1. The zero-order valence-electron chi connectivity index (χ0n) is 12.5. The maximum atomic E-state index is 12.5. The van der Waals surface area contributed by atoms with E-state index in [2.05, 4.69) is 5.32 Å². The molecule has 1 aromatic heterocycles. The first-order chi connectivity index (χ1) is 11.1. The van der Waals surface area contributed by atoms with Gasteiger partial charge in [-0.3, -0.25) is 9.59 Å². The monoisotopic (exact) mass is 348 g/mol. The maximum Gasteiger partial charge on any atom is 0.239 e. The predicted octanol–water partition coefficient (Wildman–Crippen LogP) is 3.11. The summed E-state index contributed by atoms with van der Waals surface area (Å²) in [6, 6.07) is 11.1. The molecule has 1 aromatic carbocycles. The Morgan fingerprint density at radius 1 is 1.30 bits per heavy atom. The van der Waals surface area contributed by atoms with Crippen LogP contribution in [-0.4, -0.2) is 24.9 Å². The van der Waals surface area contributed by atoms with Crippen LogP contribution in [0.2, 0.25) is 5.02 Å². The number of carbonyl (C=O) groups excluding carboxylic acids is 2. The third kappa shape index (κ3) is 3.74. The van der Waals surface area contributed by atoms with Gasteiger partial charge in [-0.25, -0.2) is 0 Å². The second-order valence-electron chi connectivity index (χ2n) is 5.43. The smallest absolute Gasteiger partial charge is 0.239 e. The number of nitrogens with one attached hydrogen (secondary N) is 1. The minimum absolute atomic E-state index is 0.138. The highest BCUT2D eigenvalue weighted by atomic mass is 35.5. The van der Waals surface area contributed by atoms with Gasteiger partial charge in [-0.05, 0) is 48.6 Å². The predicted molar refractivity (Wildman–Crippen MR) is 92.9 cm³/mol. The van der Waals surface area contributed by atoms with Crippen LogP contribution < -0.4 is 10.2 Å². The molecule has 3 rings (SSSR count). The van der Waals surface area contributed by atoms with Crippen LogP contribution in [0, 0.1) is 5.92 Å². The van der Waals surface area contributed by atoms with Crippen molar-refractivity contribution in [2.24, 2.45) is 5.92 Å². The lowest BCUT2D eigenvalue weighted by Gasteiger charge is -2.16. The summed E-state index contributed by atoms with van der Waals surface area (Å²) < 4.78 is 0. The molecule has 1 N–H and O–H groups in total. The molecule has 6 heteroatoms. The number of hydrogen-bond donors (Lipinski definition) is 1. The molecule has 1 aliphatic heterocycles. The van der Waals surface area contributed by atoms with Gasteiger partial charge in [0.2, 0.25) is 11.8 Å². The van der Waals surface area contributed by atoms with E-state index in [4.69, 9.17) is 11.6 Å². The molecule has 0 aliphatic carbocycles. The topological polar surface area (TPSA) is 49.4 Å². The van der Waals surface area contributed by atoms with Crippen molar-refractivity contribution in [3.05, 3.63) is 51.7 Å². The summed E-state index contributed by atoms with van der Waals surface area (Å²) in [7, 11) is 0. The molecule has 2 heterocycles. The Kier molecular flexibility index (Phi) is 4.98. The minimum Gasteiger partial charge on any atom is -0.355 e. The molecule has 23 heavy (non-hydrogen) atoms. The van der Waals surface area contributed by atoms with E-state index < -0.39 is 5.92 Å². The van der Waals surface area contributed by atoms with E-state index in [0.717, 1.165) is 12.1 Å². The molecule has 1 saturated heterocycles. The van der Waals surface area contributed by atoms with Gasteiger partial charge in [0.05, 0.1) is 0 Å². The van der Waals surface area contributed by atoms with Crippen molar-refractivity contribution in [1.82, 2.24) is 5.32 Å². The third-order valence-corrected chi connectivity index (χ3v) is 5.10. The summed E-state index contributed by atoms with van der Waals surface area (Å²) in [4.78, 5) is 27.6. The van der Waals surface area contributed by atoms with Gasteiger partial charge in [-0.1, -0.05) is 17.7 Å². The highest BCUT2D eigenvalue weighted by Gasteiger charge is 2.37. The lowest BCUT2D eigenvalue weighted by Crippen LogP contribution is -2.37. The van der Waals surface area contributed by atoms with Gasteiger partial charge in [0.25, 0.3) is 0 Å². The van der Waals surface area contributed by atoms with Crippen LogP contribution in [-0.2, 0) is 16.0 Å². The standard InChI is InChI=1S/C17H17ClN2O2S/c18-12-3-5-13(6-4-12)20-10-8-15(17(20)22)16(21)19-9-7-14-2-1-11-23-14/h1-6,11,15H,7-10H2,(H,19,21)/t15-/m1/s1. The van der Waals surface area contributed by atoms with Gasteiger partial charge in [-0.2, -0.15) is 0 Å². The molecular weight excluding hydrogens is 332 g/mol. The second-order valence-corrected chi connectivity index (χ2v) is 6.90. The van der Waals surface area contributed by atoms with Gasteiger partial charge >= 0.3 is 0 Å². The van der Waals surface area contributed by atoms with Crippen LogP contribution in [0.25, 0.3) is 0 Å². The second kappa shape index (κ2) is 7.15. The molecule has 0 spiro atoms. The van der Waals surface area contributed by atoms with Crippen LogP contribution in [0.1, 0.15) is 11.3 Å². The average Bonchev–Trinajstić information content (AvgIpc) is 3.18. The number of halogens is 1. The van der Waals surface area contributed by atoms with Crippen molar-refractivity contribution >= 4 is 40.4 Å². The largest absolute Gasteiger partial charge is 0.355 e. The first-order valence-corrected chi connectivity index (χ1v) is 8.78. The Morgan fingerprint density at radius 3 is 2.78 bits per heavy atom. The molecule has 120 valence electrons. The zero-order valence-corrected chi connectivity index (χ0v) is 14.1. The highest BCUT2D eigenvalue weighted by Crippen LogP contribution is 2.26. The molecule has 2 amide bonds. The van der Waals surface area contributed by atoms with Crippen LogP contribution in [0.4, 0.5) is 5.69 Å². The summed E-state index contributed by atoms with van der Waals surface area (Å²) >= 11 is 7.54. The van der Waals surface area contributed by atoms with Crippen LogP contribution >= 0.6 is 22.9 Å². The fourth-order valence-electron chi connectivity index (χ4n) is 2.69. The van der Waals surface area contributed by atoms with Crippen LogP contribution in [0.5, 0.6) is 0 Å². The molecule has 0 unspecified atom stereocenters. The van der Waals surface area contributed by atoms with Crippen molar-refractivity contribution in [1.29, 1.82) is 0 Å². The maximum absolute atomic E-state index is 12.5. The van der Waals surface area contributed by atoms with Gasteiger partial charge < -0.3 is 10.2 Å². The van der Waals surface area contributed by atoms with Gasteiger partial charge in [0.15, 0.2) is 0 Å². The average molecular weight is 349 g/mol. The molecule has 0 saturated carbocycles. The first kappa shape index (κ1) is 16.0. The van der Waals surface area contributed by atoms with E-state index >= 15 is 0 Å². The number of thiophene rings is 1. The van der Waals surface area contributed by atoms with E-state index in [9.17, 15) is 9.59 Å². The highest BCUT2D eigenvalue weighted by molar-refractivity contribution is 7.09. The molecular formula is C17H17ClN2O2S. The Bertz CT molecular complexity index is 685. The summed E-state index contributed by atoms with van der Waals surface area (Å²) in [5.41, 5.74) is 0.785. The number of nitrogens with zero attached hydrogens (tertiary/aromatic N) is 1. The van der Waals surface area contributed by atoms with E-state index in [1.54, 1.807) is 40.5 Å². The summed E-state index contributed by atoms with van der Waals surface area (Å²) in [6.45, 7) is 1.12. The van der Waals surface area contributed by atoms with Gasteiger partial charge in [0.1, 0.15) is 5.92 Å². The number of hydrogen-bond acceptors (Lipinski definition) is 3. The van der Waals surface area contributed by atoms with Crippen molar-refractivity contribution in [3.8, 4) is 0 Å². The van der Waals surface area contributed by atoms with Crippen LogP contribution in [0.3, 0.4) is 0 Å². The van der Waals surface area contributed by atoms with E-state index in [0.29, 0.717) is 24.5 Å². The summed E-state index contributed by atoms with van der Waals surface area (Å²) in [5.74, 6) is -0.905. The Morgan fingerprint density at radius 2 is 2.09 bits per heavy atom. The SMILES string of the molecule is O=C(NCCc1cccs1)[C@H]1CCN(c2ccc(Cl)cc2)C1=O. The Labute approximate surface area is 144 Å². The lowest BCUT2D eigenvalue weighted by molar-refractivity contribution is -0.132. The van der Waals surface area contributed by atoms with Crippen molar-refractivity contribution in [2.75, 3.05) is 18.0 Å². The van der Waals surface area contributed by atoms with Crippen molar-refractivity contribution in [2.45, 2.75) is 12.8 Å². The van der Waals surface area contributed by atoms with Crippen molar-refractivity contribution in [3.63, 3.8) is 0 Å². The van der Waals surface area contributed by atoms with Crippen LogP contribution in [0.15, 0.2) is 41.8 Å². The lowest BCUT2D eigenvalue weighted by atomic mass is 10.1. The molecule has 0 radical (unpaired) electrons.